The largest absolute Gasteiger partial charge is 0.183 e. The minimum absolute atomic E-state index is 1.10. The molecule has 0 unspecified atom stereocenters. The topological polar surface area (TPSA) is 0 Å². The quantitative estimate of drug-likeness (QED) is 0.228. The van der Waals surface area contributed by atoms with Gasteiger partial charge in [-0.25, -0.2) is 0 Å². The van der Waals surface area contributed by atoms with E-state index >= 15 is 0 Å². The molecule has 31 heavy (non-hydrogen) atoms. The Morgan fingerprint density at radius 1 is 0.710 bits per heavy atom. The first-order chi connectivity index (χ1) is 14.8. The van der Waals surface area contributed by atoms with Crippen LogP contribution in [0.5, 0.6) is 0 Å². The summed E-state index contributed by atoms with van der Waals surface area (Å²) in [7, 11) is -1.10. The maximum Gasteiger partial charge on any atom is 0.0565 e. The summed E-state index contributed by atoms with van der Waals surface area (Å²) in [5.41, 5.74) is 6.01. The molecule has 0 saturated heterocycles. The average molecular weight is 497 g/mol. The zero-order chi connectivity index (χ0) is 21.7. The van der Waals surface area contributed by atoms with Crippen molar-refractivity contribution < 1.29 is 0 Å². The van der Waals surface area contributed by atoms with Crippen LogP contribution in [-0.4, -0.2) is 12.5 Å². The summed E-state index contributed by atoms with van der Waals surface area (Å²) in [5.74, 6) is 0. The zero-order valence-electron chi connectivity index (χ0n) is 18.5. The van der Waals surface area contributed by atoms with Crippen LogP contribution < -0.4 is 0 Å². The molecule has 0 aliphatic carbocycles. The molecule has 1 aliphatic heterocycles. The molecule has 1 aliphatic rings. The Bertz CT molecular complexity index is 1540. The Morgan fingerprint density at radius 3 is 2.00 bits per heavy atom. The second-order valence-electron chi connectivity index (χ2n) is 8.71. The molecular formula is C26H24S5. The fraction of sp³-hybridized carbons (Fsp3) is 0.231. The highest BCUT2D eigenvalue weighted by Gasteiger charge is 2.41. The highest BCUT2D eigenvalue weighted by molar-refractivity contribution is 8.41. The van der Waals surface area contributed by atoms with E-state index in [1.165, 1.54) is 55.7 Å². The molecular weight excluding hydrogens is 473 g/mol. The normalized spacial score (nSPS) is 16.6. The summed E-state index contributed by atoms with van der Waals surface area (Å²) >= 11 is 7.93. The highest BCUT2D eigenvalue weighted by Crippen LogP contribution is 2.74. The van der Waals surface area contributed by atoms with Crippen LogP contribution in [0.3, 0.4) is 0 Å². The summed E-state index contributed by atoms with van der Waals surface area (Å²) < 4.78 is 6.02. The Labute approximate surface area is 201 Å². The molecule has 158 valence electrons. The number of rotatable bonds is 2. The van der Waals surface area contributed by atoms with Crippen molar-refractivity contribution in [2.75, 3.05) is 12.5 Å². The summed E-state index contributed by atoms with van der Waals surface area (Å²) in [6.07, 6.45) is 5.05. The van der Waals surface area contributed by atoms with Gasteiger partial charge in [0.1, 0.15) is 0 Å². The lowest BCUT2D eigenvalue weighted by Crippen LogP contribution is -1.96. The van der Waals surface area contributed by atoms with Crippen molar-refractivity contribution >= 4 is 85.3 Å². The lowest BCUT2D eigenvalue weighted by Gasteiger charge is -2.30. The monoisotopic (exact) mass is 496 g/mol. The van der Waals surface area contributed by atoms with Gasteiger partial charge in [0.2, 0.25) is 0 Å². The molecule has 5 heteroatoms. The van der Waals surface area contributed by atoms with E-state index in [0.29, 0.717) is 0 Å². The van der Waals surface area contributed by atoms with Gasteiger partial charge in [0, 0.05) is 51.2 Å². The van der Waals surface area contributed by atoms with Crippen LogP contribution in [0.4, 0.5) is 0 Å². The van der Waals surface area contributed by atoms with Gasteiger partial charge >= 0.3 is 0 Å². The molecule has 0 amide bonds. The van der Waals surface area contributed by atoms with Gasteiger partial charge in [0.05, 0.1) is 13.6 Å². The van der Waals surface area contributed by atoms with Crippen molar-refractivity contribution in [2.24, 2.45) is 0 Å². The van der Waals surface area contributed by atoms with Gasteiger partial charge in [-0.05, 0) is 64.0 Å². The van der Waals surface area contributed by atoms with Crippen molar-refractivity contribution in [2.45, 2.75) is 31.9 Å². The van der Waals surface area contributed by atoms with E-state index in [4.69, 9.17) is 0 Å². The predicted molar refractivity (Wildman–Crippen MR) is 148 cm³/mol. The van der Waals surface area contributed by atoms with Gasteiger partial charge in [-0.3, -0.25) is 0 Å². The molecule has 0 saturated carbocycles. The summed E-state index contributed by atoms with van der Waals surface area (Å²) in [5, 5.41) is 1.43. The molecule has 0 bridgehead atoms. The minimum atomic E-state index is -1.10. The first kappa shape index (κ1) is 20.3. The van der Waals surface area contributed by atoms with E-state index in [1.807, 2.05) is 34.0 Å². The predicted octanol–water partition coefficient (Wildman–Crippen LogP) is 9.83. The van der Waals surface area contributed by atoms with Gasteiger partial charge in [0.15, 0.2) is 0 Å². The fourth-order valence-electron chi connectivity index (χ4n) is 4.96. The van der Waals surface area contributed by atoms with E-state index in [-0.39, 0.29) is 0 Å². The molecule has 5 aromatic rings. The highest BCUT2D eigenvalue weighted by atomic mass is 32.3. The number of benzene rings is 1. The second kappa shape index (κ2) is 6.82. The van der Waals surface area contributed by atoms with Gasteiger partial charge in [-0.15, -0.1) is 45.3 Å². The molecule has 0 nitrogen and oxygen atoms in total. The van der Waals surface area contributed by atoms with Gasteiger partial charge in [-0.2, -0.15) is 10.0 Å². The van der Waals surface area contributed by atoms with Crippen LogP contribution in [0.15, 0.2) is 40.6 Å². The Hall–Kier alpha value is -1.37. The van der Waals surface area contributed by atoms with Crippen LogP contribution in [0.1, 0.15) is 36.2 Å². The third-order valence-corrected chi connectivity index (χ3v) is 14.6. The van der Waals surface area contributed by atoms with E-state index in [9.17, 15) is 0 Å². The molecule has 0 atom stereocenters. The van der Waals surface area contributed by atoms with Crippen molar-refractivity contribution in [1.29, 1.82) is 0 Å². The average Bonchev–Trinajstić information content (AvgIpc) is 3.45. The van der Waals surface area contributed by atoms with Gasteiger partial charge in [-0.1, -0.05) is 18.2 Å². The molecule has 0 N–H and O–H groups in total. The molecule has 6 rings (SSSR count). The zero-order valence-corrected chi connectivity index (χ0v) is 22.6. The smallest absolute Gasteiger partial charge is 0.0565 e. The maximum absolute atomic E-state index is 2.53. The van der Waals surface area contributed by atoms with Crippen LogP contribution in [-0.2, 0) is 0 Å². The molecule has 1 aromatic carbocycles. The second-order valence-corrected chi connectivity index (χ2v) is 17.4. The van der Waals surface area contributed by atoms with Crippen molar-refractivity contribution in [1.82, 2.24) is 0 Å². The van der Waals surface area contributed by atoms with Crippen LogP contribution in [0.25, 0.3) is 30.0 Å². The molecule has 0 radical (unpaired) electrons. The number of thiophene rings is 4. The minimum Gasteiger partial charge on any atom is -0.183 e. The third kappa shape index (κ3) is 2.77. The van der Waals surface area contributed by atoms with E-state index in [0.717, 1.165) is 0 Å². The maximum atomic E-state index is 2.53. The standard InChI is InChI=1S/C26H24S5/c1-13-11-18(15(3)27-13)21-22-24-23(17-9-7-8-10-20(17)29-24)30-26(22)31(5,6)25(21)19-12-14(2)28-16(19)4/h7-12H,1-6H3. The number of fused-ring (bicyclic) bond motifs is 5. The number of hydrogen-bond acceptors (Lipinski definition) is 4. The fourth-order valence-corrected chi connectivity index (χ4v) is 13.2. The van der Waals surface area contributed by atoms with Crippen molar-refractivity contribution in [3.8, 4) is 0 Å². The van der Waals surface area contributed by atoms with E-state index in [1.54, 1.807) is 14.7 Å². The number of hydrogen-bond donors (Lipinski definition) is 0. The summed E-state index contributed by atoms with van der Waals surface area (Å²) in [4.78, 5) is 7.32. The first-order valence-electron chi connectivity index (χ1n) is 10.3. The molecule has 0 fully saturated rings. The Kier molecular flexibility index (Phi) is 4.45. The molecule has 0 spiro atoms. The van der Waals surface area contributed by atoms with E-state index < -0.39 is 10.0 Å². The lowest BCUT2D eigenvalue weighted by molar-refractivity contribution is 1.52. The van der Waals surface area contributed by atoms with E-state index in [2.05, 4.69) is 87.9 Å². The van der Waals surface area contributed by atoms with Crippen LogP contribution in [0, 0.1) is 27.7 Å². The Balaban J connectivity index is 1.80. The molecule has 4 aromatic heterocycles. The lowest BCUT2D eigenvalue weighted by atomic mass is 9.97. The summed E-state index contributed by atoms with van der Waals surface area (Å²) in [6.45, 7) is 9.11. The third-order valence-electron chi connectivity index (χ3n) is 6.22. The Morgan fingerprint density at radius 2 is 1.35 bits per heavy atom. The SMILES string of the molecule is Cc1cc(C2=C(c3cc(C)sc3C)S(C)(C)c3sc4c(sc5ccccc54)c32)c(C)s1. The van der Waals surface area contributed by atoms with Gasteiger partial charge < -0.3 is 0 Å². The van der Waals surface area contributed by atoms with Crippen LogP contribution >= 0.6 is 55.4 Å². The van der Waals surface area contributed by atoms with Gasteiger partial charge in [0.25, 0.3) is 0 Å². The molecule has 5 heterocycles. The van der Waals surface area contributed by atoms with Crippen LogP contribution in [0.2, 0.25) is 0 Å². The first-order valence-corrected chi connectivity index (χ1v) is 16.1. The van der Waals surface area contributed by atoms with Crippen molar-refractivity contribution in [3.05, 3.63) is 72.6 Å². The summed E-state index contributed by atoms with van der Waals surface area (Å²) in [6, 6.07) is 13.8. The van der Waals surface area contributed by atoms with Crippen molar-refractivity contribution in [3.63, 3.8) is 0 Å². The number of aryl methyl sites for hydroxylation is 4.